The van der Waals surface area contributed by atoms with Gasteiger partial charge < -0.3 is 14.2 Å². The van der Waals surface area contributed by atoms with E-state index >= 15 is 0 Å². The van der Waals surface area contributed by atoms with E-state index in [9.17, 15) is 14.4 Å². The summed E-state index contributed by atoms with van der Waals surface area (Å²) < 4.78 is 16.9. The van der Waals surface area contributed by atoms with Gasteiger partial charge >= 0.3 is 17.9 Å². The van der Waals surface area contributed by atoms with Crippen LogP contribution in [0, 0.1) is 0 Å². The molecule has 0 saturated heterocycles. The summed E-state index contributed by atoms with van der Waals surface area (Å²) in [6.45, 7) is 6.50. The van der Waals surface area contributed by atoms with Crippen LogP contribution in [0.3, 0.4) is 0 Å². The van der Waals surface area contributed by atoms with E-state index in [1.165, 1.54) is 231 Å². The van der Waals surface area contributed by atoms with E-state index in [0.717, 1.165) is 103 Å². The van der Waals surface area contributed by atoms with Gasteiger partial charge in [0.05, 0.1) is 0 Å². The maximum atomic E-state index is 12.9. The molecule has 0 fully saturated rings. The zero-order valence-electron chi connectivity index (χ0n) is 54.8. The van der Waals surface area contributed by atoms with Gasteiger partial charge in [-0.15, -0.1) is 0 Å². The highest BCUT2D eigenvalue weighted by Gasteiger charge is 2.19. The van der Waals surface area contributed by atoms with Crippen molar-refractivity contribution in [3.05, 3.63) is 72.9 Å². The molecule has 0 amide bonds. The van der Waals surface area contributed by atoms with Crippen LogP contribution in [-0.4, -0.2) is 37.2 Å². The molecule has 0 aromatic rings. The fraction of sp³-hybridized carbons (Fsp3) is 0.803. The molecule has 1 atom stereocenters. The molecule has 0 spiro atoms. The molecule has 476 valence electrons. The molecule has 0 bridgehead atoms. The summed E-state index contributed by atoms with van der Waals surface area (Å²) in [6, 6.07) is 0. The summed E-state index contributed by atoms with van der Waals surface area (Å²) in [4.78, 5) is 38.3. The zero-order chi connectivity index (χ0) is 59.2. The first-order valence-corrected chi connectivity index (χ1v) is 35.9. The summed E-state index contributed by atoms with van der Waals surface area (Å²) in [5, 5.41) is 0. The third-order valence-electron chi connectivity index (χ3n) is 15.9. The van der Waals surface area contributed by atoms with E-state index < -0.39 is 6.10 Å². The fourth-order valence-corrected chi connectivity index (χ4v) is 10.6. The molecule has 0 aliphatic carbocycles. The summed E-state index contributed by atoms with van der Waals surface area (Å²) in [7, 11) is 0. The Morgan fingerprint density at radius 1 is 0.256 bits per heavy atom. The Morgan fingerprint density at radius 2 is 0.500 bits per heavy atom. The topological polar surface area (TPSA) is 78.9 Å². The molecular weight excluding hydrogens is 1010 g/mol. The minimum Gasteiger partial charge on any atom is -0.462 e. The predicted octanol–water partition coefficient (Wildman–Crippen LogP) is 24.8. The Hall–Kier alpha value is -3.15. The summed E-state index contributed by atoms with van der Waals surface area (Å²) >= 11 is 0. The van der Waals surface area contributed by atoms with Crippen LogP contribution in [0.15, 0.2) is 72.9 Å². The third-order valence-corrected chi connectivity index (χ3v) is 15.9. The lowest BCUT2D eigenvalue weighted by Gasteiger charge is -2.18. The lowest BCUT2D eigenvalue weighted by atomic mass is 10.0. The molecular formula is C76H136O6. The number of carbonyl (C=O) groups is 3. The van der Waals surface area contributed by atoms with Gasteiger partial charge in [0.15, 0.2) is 6.10 Å². The van der Waals surface area contributed by atoms with Gasteiger partial charge in [0.1, 0.15) is 13.2 Å². The van der Waals surface area contributed by atoms with Crippen molar-refractivity contribution in [3.8, 4) is 0 Å². The number of esters is 3. The van der Waals surface area contributed by atoms with Gasteiger partial charge in [-0.1, -0.05) is 325 Å². The van der Waals surface area contributed by atoms with Crippen molar-refractivity contribution in [2.75, 3.05) is 13.2 Å². The first-order chi connectivity index (χ1) is 40.5. The van der Waals surface area contributed by atoms with Gasteiger partial charge in [-0.05, 0) is 103 Å². The van der Waals surface area contributed by atoms with Crippen LogP contribution in [0.2, 0.25) is 0 Å². The number of allylic oxidation sites excluding steroid dienone is 12. The van der Waals surface area contributed by atoms with Crippen LogP contribution in [0.1, 0.15) is 374 Å². The average molecular weight is 1150 g/mol. The average Bonchev–Trinajstić information content (AvgIpc) is 3.47. The summed E-state index contributed by atoms with van der Waals surface area (Å²) in [5.74, 6) is -0.880. The Kier molecular flexibility index (Phi) is 67.6. The molecule has 6 nitrogen and oxygen atoms in total. The smallest absolute Gasteiger partial charge is 0.306 e. The van der Waals surface area contributed by atoms with Crippen LogP contribution >= 0.6 is 0 Å². The molecule has 0 radical (unpaired) electrons. The van der Waals surface area contributed by atoms with E-state index in [4.69, 9.17) is 14.2 Å². The highest BCUT2D eigenvalue weighted by Crippen LogP contribution is 2.18. The van der Waals surface area contributed by atoms with Gasteiger partial charge in [0.25, 0.3) is 0 Å². The molecule has 1 unspecified atom stereocenters. The van der Waals surface area contributed by atoms with Gasteiger partial charge in [0.2, 0.25) is 0 Å². The highest BCUT2D eigenvalue weighted by molar-refractivity contribution is 5.71. The van der Waals surface area contributed by atoms with Crippen molar-refractivity contribution in [1.82, 2.24) is 0 Å². The summed E-state index contributed by atoms with van der Waals surface area (Å²) in [6.07, 6.45) is 92.5. The largest absolute Gasteiger partial charge is 0.462 e. The Morgan fingerprint density at radius 3 is 0.805 bits per heavy atom. The van der Waals surface area contributed by atoms with Crippen LogP contribution in [0.25, 0.3) is 0 Å². The molecule has 0 aromatic carbocycles. The van der Waals surface area contributed by atoms with Gasteiger partial charge in [-0.25, -0.2) is 0 Å². The number of rotatable bonds is 66. The van der Waals surface area contributed by atoms with Crippen LogP contribution in [0.4, 0.5) is 0 Å². The molecule has 0 rings (SSSR count). The van der Waals surface area contributed by atoms with Crippen molar-refractivity contribution < 1.29 is 28.6 Å². The van der Waals surface area contributed by atoms with Crippen LogP contribution < -0.4 is 0 Å². The summed E-state index contributed by atoms with van der Waals surface area (Å²) in [5.41, 5.74) is 0. The minimum atomic E-state index is -0.783. The second-order valence-electron chi connectivity index (χ2n) is 24.1. The Bertz CT molecular complexity index is 1500. The lowest BCUT2D eigenvalue weighted by molar-refractivity contribution is -0.167. The van der Waals surface area contributed by atoms with Crippen molar-refractivity contribution in [3.63, 3.8) is 0 Å². The van der Waals surface area contributed by atoms with Crippen LogP contribution in [0.5, 0.6) is 0 Å². The van der Waals surface area contributed by atoms with Gasteiger partial charge in [0, 0.05) is 19.3 Å². The fourth-order valence-electron chi connectivity index (χ4n) is 10.6. The second kappa shape index (κ2) is 70.3. The number of unbranched alkanes of at least 4 members (excludes halogenated alkanes) is 43. The second-order valence-corrected chi connectivity index (χ2v) is 24.1. The molecule has 0 saturated carbocycles. The third kappa shape index (κ3) is 67.6. The number of ether oxygens (including phenoxy) is 3. The standard InChI is InChI=1S/C76H136O6/c1-4-7-10-13-16-19-22-24-26-28-30-32-33-34-35-36-37-38-39-40-41-42-43-45-46-48-50-52-54-57-60-63-66-69-75(78)81-72-73(71-80-74(77)68-65-62-59-56-21-18-15-12-9-6-3)82-76(79)70-67-64-61-58-55-53-51-49-47-44-31-29-27-25-23-20-17-14-11-8-5-2/h8,11-12,15,17,20,25,27-28,30-31,44,73H,4-7,9-10,13-14,16,18-19,21-24,26,29,32-43,45-72H2,1-3H3/b11-8-,15-12-,20-17-,27-25-,30-28-,44-31-. The molecule has 0 aliphatic rings. The highest BCUT2D eigenvalue weighted by atomic mass is 16.6. The predicted molar refractivity (Wildman–Crippen MR) is 358 cm³/mol. The van der Waals surface area contributed by atoms with Crippen molar-refractivity contribution in [2.45, 2.75) is 380 Å². The molecule has 0 heterocycles. The Balaban J connectivity index is 4.09. The van der Waals surface area contributed by atoms with E-state index in [1.54, 1.807) is 0 Å². The number of carbonyl (C=O) groups excluding carboxylic acids is 3. The quantitative estimate of drug-likeness (QED) is 0.0261. The van der Waals surface area contributed by atoms with Crippen molar-refractivity contribution >= 4 is 17.9 Å². The van der Waals surface area contributed by atoms with Crippen LogP contribution in [-0.2, 0) is 28.6 Å². The molecule has 82 heavy (non-hydrogen) atoms. The zero-order valence-corrected chi connectivity index (χ0v) is 54.8. The molecule has 0 N–H and O–H groups in total. The van der Waals surface area contributed by atoms with E-state index in [-0.39, 0.29) is 31.1 Å². The molecule has 6 heteroatoms. The minimum absolute atomic E-state index is 0.0782. The van der Waals surface area contributed by atoms with Gasteiger partial charge in [-0.3, -0.25) is 14.4 Å². The monoisotopic (exact) mass is 1150 g/mol. The SMILES string of the molecule is CC/C=C\C/C=C\C/C=C\C/C=C\CCCCCCCCCCC(=O)OC(COC(=O)CCCCCCC/C=C\CCC)COC(=O)CCCCCCCCCCCCCCCCCCCCCCC/C=C\CCCCCCCCCC. The van der Waals surface area contributed by atoms with E-state index in [2.05, 4.69) is 93.7 Å². The first-order valence-electron chi connectivity index (χ1n) is 35.9. The van der Waals surface area contributed by atoms with Crippen molar-refractivity contribution in [1.29, 1.82) is 0 Å². The first kappa shape index (κ1) is 78.8. The normalized spacial score (nSPS) is 12.5. The van der Waals surface area contributed by atoms with Gasteiger partial charge in [-0.2, -0.15) is 0 Å². The number of hydrogen-bond acceptors (Lipinski definition) is 6. The Labute approximate surface area is 510 Å². The van der Waals surface area contributed by atoms with E-state index in [1.807, 2.05) is 0 Å². The molecule has 0 aromatic heterocycles. The van der Waals surface area contributed by atoms with Crippen molar-refractivity contribution in [2.24, 2.45) is 0 Å². The maximum Gasteiger partial charge on any atom is 0.306 e. The lowest BCUT2D eigenvalue weighted by Crippen LogP contribution is -2.30. The maximum absolute atomic E-state index is 12.9. The van der Waals surface area contributed by atoms with E-state index in [0.29, 0.717) is 19.3 Å². The molecule has 0 aliphatic heterocycles. The number of hydrogen-bond donors (Lipinski definition) is 0.